The molecule has 0 N–H and O–H groups in total. The number of hydrogen-bond acceptors (Lipinski definition) is 6. The first-order valence-corrected chi connectivity index (χ1v) is 18.9. The Balaban J connectivity index is 0.997. The van der Waals surface area contributed by atoms with Crippen molar-refractivity contribution < 1.29 is 8.83 Å². The second-order valence-corrected chi connectivity index (χ2v) is 14.0. The standard InChI is InChI=1S/C51H32N4O2/c1-2-10-33(11-3-1)42-32-45(53-44-15-9-31-52-50(42)44)35-21-27-38(28-22-35)55(39-29-23-36(24-30-39)51-54-43-14-5-7-17-47(43)57-51)37-25-19-34(20-26-37)40-13-8-18-48-49(40)41-12-4-6-16-46(41)56-48/h1-32H. The van der Waals surface area contributed by atoms with Crippen molar-refractivity contribution in [2.24, 2.45) is 0 Å². The van der Waals surface area contributed by atoms with Crippen LogP contribution in [0.15, 0.2) is 203 Å². The van der Waals surface area contributed by atoms with Gasteiger partial charge in [-0.3, -0.25) is 4.98 Å². The molecule has 268 valence electrons. The number of aromatic nitrogens is 3. The molecule has 0 aliphatic heterocycles. The van der Waals surface area contributed by atoms with Crippen molar-refractivity contribution in [3.63, 3.8) is 0 Å². The van der Waals surface area contributed by atoms with E-state index in [4.69, 9.17) is 23.8 Å². The quantitative estimate of drug-likeness (QED) is 0.162. The van der Waals surface area contributed by atoms with Crippen LogP contribution >= 0.6 is 0 Å². The SMILES string of the molecule is c1ccc(-c2cc(-c3ccc(N(c4ccc(-c5nc6ccccc6o5)cc4)c4ccc(-c5cccc6oc7ccccc7c56)cc4)cc3)nc3cccnc23)cc1. The molecular formula is C51H32N4O2. The minimum atomic E-state index is 0.594. The maximum Gasteiger partial charge on any atom is 0.227 e. The molecule has 0 spiro atoms. The molecule has 11 aromatic rings. The normalized spacial score (nSPS) is 11.5. The summed E-state index contributed by atoms with van der Waals surface area (Å²) in [5.74, 6) is 0.594. The fourth-order valence-electron chi connectivity index (χ4n) is 7.83. The second-order valence-electron chi connectivity index (χ2n) is 14.0. The van der Waals surface area contributed by atoms with Gasteiger partial charge in [0.1, 0.15) is 16.7 Å². The molecule has 0 unspecified atom stereocenters. The van der Waals surface area contributed by atoms with Crippen LogP contribution in [0.1, 0.15) is 0 Å². The number of pyridine rings is 2. The molecule has 57 heavy (non-hydrogen) atoms. The molecule has 4 aromatic heterocycles. The minimum Gasteiger partial charge on any atom is -0.456 e. The van der Waals surface area contributed by atoms with Gasteiger partial charge in [0, 0.05) is 50.7 Å². The third kappa shape index (κ3) is 5.79. The molecule has 4 heterocycles. The Labute approximate surface area is 328 Å². The number of benzene rings is 7. The molecule has 0 aliphatic rings. The third-order valence-corrected chi connectivity index (χ3v) is 10.6. The summed E-state index contributed by atoms with van der Waals surface area (Å²) >= 11 is 0. The molecular weight excluding hydrogens is 701 g/mol. The lowest BCUT2D eigenvalue weighted by atomic mass is 9.99. The van der Waals surface area contributed by atoms with Crippen molar-refractivity contribution >= 4 is 61.1 Å². The predicted octanol–water partition coefficient (Wildman–Crippen LogP) is 13.8. The Kier molecular flexibility index (Phi) is 7.71. The molecule has 7 aromatic carbocycles. The van der Waals surface area contributed by atoms with Crippen LogP contribution in [0, 0.1) is 0 Å². The summed E-state index contributed by atoms with van der Waals surface area (Å²) in [4.78, 5) is 16.8. The van der Waals surface area contributed by atoms with E-state index in [0.29, 0.717) is 5.89 Å². The number of rotatable bonds is 7. The summed E-state index contributed by atoms with van der Waals surface area (Å²) in [6.45, 7) is 0. The van der Waals surface area contributed by atoms with Gasteiger partial charge in [-0.15, -0.1) is 0 Å². The molecule has 6 nitrogen and oxygen atoms in total. The summed E-state index contributed by atoms with van der Waals surface area (Å²) in [6, 6.07) is 64.6. The van der Waals surface area contributed by atoms with Gasteiger partial charge in [-0.1, -0.05) is 97.1 Å². The molecule has 0 saturated heterocycles. The number of furan rings is 1. The average molecular weight is 733 g/mol. The zero-order chi connectivity index (χ0) is 37.7. The topological polar surface area (TPSA) is 68.2 Å². The zero-order valence-corrected chi connectivity index (χ0v) is 30.6. The van der Waals surface area contributed by atoms with Gasteiger partial charge in [-0.05, 0) is 108 Å². The van der Waals surface area contributed by atoms with Crippen LogP contribution in [0.3, 0.4) is 0 Å². The Morgan fingerprint density at radius 3 is 1.77 bits per heavy atom. The van der Waals surface area contributed by atoms with Crippen LogP contribution < -0.4 is 4.90 Å². The molecule has 11 rings (SSSR count). The van der Waals surface area contributed by atoms with E-state index in [9.17, 15) is 0 Å². The maximum absolute atomic E-state index is 6.22. The lowest BCUT2D eigenvalue weighted by Crippen LogP contribution is -2.09. The molecule has 0 radical (unpaired) electrons. The average Bonchev–Trinajstić information content (AvgIpc) is 3.90. The highest BCUT2D eigenvalue weighted by Crippen LogP contribution is 2.41. The molecule has 0 bridgehead atoms. The third-order valence-electron chi connectivity index (χ3n) is 10.6. The van der Waals surface area contributed by atoms with Crippen molar-refractivity contribution in [2.45, 2.75) is 0 Å². The van der Waals surface area contributed by atoms with E-state index < -0.39 is 0 Å². The van der Waals surface area contributed by atoms with Crippen molar-refractivity contribution in [2.75, 3.05) is 4.90 Å². The van der Waals surface area contributed by atoms with Gasteiger partial charge < -0.3 is 13.7 Å². The van der Waals surface area contributed by atoms with E-state index in [1.807, 2.05) is 66.9 Å². The Morgan fingerprint density at radius 1 is 0.404 bits per heavy atom. The Bertz CT molecular complexity index is 3190. The molecule has 0 atom stereocenters. The van der Waals surface area contributed by atoms with Crippen LogP contribution in [-0.4, -0.2) is 15.0 Å². The number of oxazole rings is 1. The van der Waals surface area contributed by atoms with E-state index in [0.717, 1.165) is 100 Å². The maximum atomic E-state index is 6.22. The highest BCUT2D eigenvalue weighted by atomic mass is 16.3. The van der Waals surface area contributed by atoms with Crippen molar-refractivity contribution in [1.29, 1.82) is 0 Å². The Morgan fingerprint density at radius 2 is 1.02 bits per heavy atom. The summed E-state index contributed by atoms with van der Waals surface area (Å²) in [5, 5.41) is 2.23. The van der Waals surface area contributed by atoms with Crippen LogP contribution in [0.4, 0.5) is 17.1 Å². The molecule has 0 aliphatic carbocycles. The van der Waals surface area contributed by atoms with Gasteiger partial charge in [-0.25, -0.2) is 9.97 Å². The largest absolute Gasteiger partial charge is 0.456 e. The highest BCUT2D eigenvalue weighted by molar-refractivity contribution is 6.12. The first-order valence-electron chi connectivity index (χ1n) is 18.9. The van der Waals surface area contributed by atoms with Gasteiger partial charge >= 0.3 is 0 Å². The molecule has 6 heteroatoms. The van der Waals surface area contributed by atoms with E-state index in [1.165, 1.54) is 0 Å². The highest BCUT2D eigenvalue weighted by Gasteiger charge is 2.18. The number of fused-ring (bicyclic) bond motifs is 5. The molecule has 0 fully saturated rings. The zero-order valence-electron chi connectivity index (χ0n) is 30.6. The van der Waals surface area contributed by atoms with E-state index in [2.05, 4.69) is 132 Å². The van der Waals surface area contributed by atoms with Gasteiger partial charge in [0.15, 0.2) is 5.58 Å². The van der Waals surface area contributed by atoms with Gasteiger partial charge in [0.2, 0.25) is 5.89 Å². The summed E-state index contributed by atoms with van der Waals surface area (Å²) < 4.78 is 12.3. The predicted molar refractivity (Wildman–Crippen MR) is 231 cm³/mol. The molecule has 0 amide bonds. The van der Waals surface area contributed by atoms with Crippen molar-refractivity contribution in [1.82, 2.24) is 15.0 Å². The summed E-state index contributed by atoms with van der Waals surface area (Å²) in [7, 11) is 0. The van der Waals surface area contributed by atoms with E-state index in [-0.39, 0.29) is 0 Å². The van der Waals surface area contributed by atoms with Crippen molar-refractivity contribution in [3.05, 3.63) is 194 Å². The number of nitrogens with zero attached hydrogens (tertiary/aromatic N) is 4. The Hall–Kier alpha value is -7.83. The van der Waals surface area contributed by atoms with E-state index >= 15 is 0 Å². The monoisotopic (exact) mass is 732 g/mol. The fraction of sp³-hybridized carbons (Fsp3) is 0. The minimum absolute atomic E-state index is 0.594. The smallest absolute Gasteiger partial charge is 0.227 e. The van der Waals surface area contributed by atoms with Gasteiger partial charge in [0.05, 0.1) is 16.7 Å². The van der Waals surface area contributed by atoms with Crippen LogP contribution in [-0.2, 0) is 0 Å². The first kappa shape index (κ1) is 32.6. The fourth-order valence-corrected chi connectivity index (χ4v) is 7.83. The van der Waals surface area contributed by atoms with Gasteiger partial charge in [0.25, 0.3) is 0 Å². The summed E-state index contributed by atoms with van der Waals surface area (Å²) in [6.07, 6.45) is 1.83. The van der Waals surface area contributed by atoms with Crippen LogP contribution in [0.5, 0.6) is 0 Å². The van der Waals surface area contributed by atoms with Crippen LogP contribution in [0.25, 0.3) is 89.0 Å². The number of hydrogen-bond donors (Lipinski definition) is 0. The molecule has 0 saturated carbocycles. The van der Waals surface area contributed by atoms with Crippen molar-refractivity contribution in [3.8, 4) is 45.0 Å². The lowest BCUT2D eigenvalue weighted by Gasteiger charge is -2.26. The summed E-state index contributed by atoms with van der Waals surface area (Å²) in [5.41, 5.74) is 15.4. The first-order chi connectivity index (χ1) is 28.2. The van der Waals surface area contributed by atoms with Crippen LogP contribution in [0.2, 0.25) is 0 Å². The van der Waals surface area contributed by atoms with E-state index in [1.54, 1.807) is 0 Å². The lowest BCUT2D eigenvalue weighted by molar-refractivity contribution is 0.620. The second kappa shape index (κ2) is 13.5. The van der Waals surface area contributed by atoms with Gasteiger partial charge in [-0.2, -0.15) is 0 Å². The number of anilines is 3. The number of para-hydroxylation sites is 3.